The number of amides is 1. The molecular formula is C70H138N2O6P+. The van der Waals surface area contributed by atoms with Gasteiger partial charge in [-0.15, -0.1) is 0 Å². The molecular weight excluding hydrogens is 996 g/mol. The van der Waals surface area contributed by atoms with Gasteiger partial charge < -0.3 is 19.8 Å². The fourth-order valence-corrected chi connectivity index (χ4v) is 11.4. The molecule has 0 aromatic heterocycles. The number of carbonyl (C=O) groups excluding carboxylic acids is 1. The monoisotopic (exact) mass is 1130 g/mol. The van der Waals surface area contributed by atoms with E-state index < -0.39 is 20.0 Å². The SMILES string of the molecule is CCCCCCC/C=C\C/C=C\C/C=C\CCCCCCCCCCCCCCCCCCCCCCCCC(=O)NC(COP(=O)(O)OCC[N+](C)(C)C)C(O)CCCCCCCCCCCCCCCCCCCCCC. The number of rotatable bonds is 65. The van der Waals surface area contributed by atoms with Gasteiger partial charge in [0.25, 0.3) is 0 Å². The Labute approximate surface area is 493 Å². The second-order valence-electron chi connectivity index (χ2n) is 25.3. The fraction of sp³-hybridized carbons (Fsp3) is 0.900. The number of nitrogens with one attached hydrogen (secondary N) is 1. The van der Waals surface area contributed by atoms with E-state index in [0.29, 0.717) is 23.9 Å². The summed E-state index contributed by atoms with van der Waals surface area (Å²) in [6.07, 6.45) is 81.0. The molecule has 0 aliphatic carbocycles. The van der Waals surface area contributed by atoms with Gasteiger partial charge in [-0.2, -0.15) is 0 Å². The largest absolute Gasteiger partial charge is 0.472 e. The van der Waals surface area contributed by atoms with Crippen LogP contribution < -0.4 is 5.32 Å². The van der Waals surface area contributed by atoms with Gasteiger partial charge in [0.05, 0.1) is 39.9 Å². The van der Waals surface area contributed by atoms with E-state index in [1.807, 2.05) is 21.1 Å². The Balaban J connectivity index is 3.94. The summed E-state index contributed by atoms with van der Waals surface area (Å²) in [6, 6.07) is -0.759. The maximum absolute atomic E-state index is 13.1. The Kier molecular flexibility index (Phi) is 60.3. The second kappa shape index (κ2) is 61.3. The summed E-state index contributed by atoms with van der Waals surface area (Å²) in [5.74, 6) is -0.137. The Morgan fingerprint density at radius 3 is 1.05 bits per heavy atom. The molecule has 0 saturated heterocycles. The summed E-state index contributed by atoms with van der Waals surface area (Å²) in [7, 11) is 1.63. The maximum atomic E-state index is 13.1. The summed E-state index contributed by atoms with van der Waals surface area (Å²) < 4.78 is 23.9. The standard InChI is InChI=1S/C70H137N2O6P/c1-6-8-10-12-14-16-18-20-22-24-26-28-29-30-31-32-33-34-35-36-37-38-39-40-41-42-43-44-46-48-50-52-54-56-58-60-62-64-70(74)71-68(67-78-79(75,76)77-66-65-72(3,4)5)69(73)63-61-59-57-55-53-51-49-47-45-27-25-23-21-19-17-15-13-11-9-7-2/h18,20,24,26,29-30,68-69,73H,6-17,19,21-23,25,27-28,31-67H2,1-5H3,(H-,71,74,75,76)/p+1/b20-18-,26-24-,30-29-. The zero-order chi connectivity index (χ0) is 57.7. The Bertz CT molecular complexity index is 1380. The quantitative estimate of drug-likeness (QED) is 0.0243. The van der Waals surface area contributed by atoms with Crippen molar-refractivity contribution in [2.24, 2.45) is 0 Å². The highest BCUT2D eigenvalue weighted by Gasteiger charge is 2.28. The van der Waals surface area contributed by atoms with Crippen LogP contribution in [0, 0.1) is 0 Å². The average molecular weight is 1130 g/mol. The molecule has 8 nitrogen and oxygen atoms in total. The number of phosphoric acid groups is 1. The summed E-state index contributed by atoms with van der Waals surface area (Å²) in [6.45, 7) is 4.93. The zero-order valence-corrected chi connectivity index (χ0v) is 54.5. The topological polar surface area (TPSA) is 105 Å². The third-order valence-corrected chi connectivity index (χ3v) is 17.1. The van der Waals surface area contributed by atoms with Gasteiger partial charge in [-0.25, -0.2) is 4.57 Å². The predicted octanol–water partition coefficient (Wildman–Crippen LogP) is 22.1. The molecule has 0 radical (unpaired) electrons. The first-order valence-corrected chi connectivity index (χ1v) is 36.3. The van der Waals surface area contributed by atoms with Crippen LogP contribution in [0.3, 0.4) is 0 Å². The van der Waals surface area contributed by atoms with E-state index in [1.165, 1.54) is 276 Å². The number of phosphoric ester groups is 1. The van der Waals surface area contributed by atoms with Crippen LogP contribution in [0.2, 0.25) is 0 Å². The van der Waals surface area contributed by atoms with Crippen molar-refractivity contribution < 1.29 is 32.9 Å². The molecule has 3 atom stereocenters. The van der Waals surface area contributed by atoms with Crippen LogP contribution in [0.4, 0.5) is 0 Å². The molecule has 0 aliphatic rings. The number of carbonyl (C=O) groups is 1. The molecule has 0 spiro atoms. The summed E-state index contributed by atoms with van der Waals surface area (Å²) >= 11 is 0. The minimum atomic E-state index is -4.33. The van der Waals surface area contributed by atoms with Gasteiger partial charge in [-0.3, -0.25) is 13.8 Å². The van der Waals surface area contributed by atoms with Crippen LogP contribution in [0.5, 0.6) is 0 Å². The van der Waals surface area contributed by atoms with Crippen LogP contribution in [-0.4, -0.2) is 73.4 Å². The molecule has 0 aromatic carbocycles. The lowest BCUT2D eigenvalue weighted by molar-refractivity contribution is -0.870. The van der Waals surface area contributed by atoms with Crippen molar-refractivity contribution in [1.82, 2.24) is 5.32 Å². The molecule has 9 heteroatoms. The molecule has 0 saturated carbocycles. The van der Waals surface area contributed by atoms with Crippen LogP contribution >= 0.6 is 7.82 Å². The number of hydrogen-bond donors (Lipinski definition) is 3. The zero-order valence-electron chi connectivity index (χ0n) is 53.6. The van der Waals surface area contributed by atoms with E-state index in [-0.39, 0.29) is 19.1 Å². The maximum Gasteiger partial charge on any atom is 0.472 e. The molecule has 1 amide bonds. The summed E-state index contributed by atoms with van der Waals surface area (Å²) in [4.78, 5) is 23.4. The highest BCUT2D eigenvalue weighted by molar-refractivity contribution is 7.47. The van der Waals surface area contributed by atoms with Crippen molar-refractivity contribution in [3.8, 4) is 0 Å². The number of aliphatic hydroxyl groups is 1. The van der Waals surface area contributed by atoms with Gasteiger partial charge >= 0.3 is 7.82 Å². The second-order valence-corrected chi connectivity index (χ2v) is 26.7. The van der Waals surface area contributed by atoms with Crippen molar-refractivity contribution in [1.29, 1.82) is 0 Å². The smallest absolute Gasteiger partial charge is 0.391 e. The van der Waals surface area contributed by atoms with Crippen LogP contribution in [0.15, 0.2) is 36.5 Å². The first-order chi connectivity index (χ1) is 38.5. The van der Waals surface area contributed by atoms with Gasteiger partial charge in [-0.1, -0.05) is 333 Å². The number of allylic oxidation sites excluding steroid dienone is 6. The lowest BCUT2D eigenvalue weighted by Gasteiger charge is -2.26. The van der Waals surface area contributed by atoms with E-state index in [1.54, 1.807) is 0 Å². The lowest BCUT2D eigenvalue weighted by Crippen LogP contribution is -2.46. The Morgan fingerprint density at radius 2 is 0.722 bits per heavy atom. The minimum Gasteiger partial charge on any atom is -0.391 e. The van der Waals surface area contributed by atoms with Crippen molar-refractivity contribution >= 4 is 13.7 Å². The van der Waals surface area contributed by atoms with E-state index in [4.69, 9.17) is 9.05 Å². The minimum absolute atomic E-state index is 0.0771. The first kappa shape index (κ1) is 77.7. The molecule has 3 N–H and O–H groups in total. The van der Waals surface area contributed by atoms with E-state index in [2.05, 4.69) is 55.6 Å². The molecule has 468 valence electrons. The van der Waals surface area contributed by atoms with E-state index in [9.17, 15) is 19.4 Å². The summed E-state index contributed by atoms with van der Waals surface area (Å²) in [5, 5.41) is 14.1. The Morgan fingerprint density at radius 1 is 0.430 bits per heavy atom. The fourth-order valence-electron chi connectivity index (χ4n) is 10.7. The van der Waals surface area contributed by atoms with Crippen LogP contribution in [0.1, 0.15) is 354 Å². The molecule has 3 unspecified atom stereocenters. The molecule has 0 aliphatic heterocycles. The number of likely N-dealkylation sites (N-methyl/N-ethyl adjacent to an activating group) is 1. The number of nitrogens with zero attached hydrogens (tertiary/aromatic N) is 1. The normalized spacial score (nSPS) is 13.9. The average Bonchev–Trinajstić information content (AvgIpc) is 3.42. The van der Waals surface area contributed by atoms with E-state index in [0.717, 1.165) is 51.4 Å². The molecule has 0 heterocycles. The van der Waals surface area contributed by atoms with Crippen molar-refractivity contribution in [2.45, 2.75) is 366 Å². The third-order valence-electron chi connectivity index (χ3n) is 16.1. The summed E-state index contributed by atoms with van der Waals surface area (Å²) in [5.41, 5.74) is 0. The molecule has 0 bridgehead atoms. The Hall–Kier alpha value is -1.28. The first-order valence-electron chi connectivity index (χ1n) is 34.9. The van der Waals surface area contributed by atoms with Crippen molar-refractivity contribution in [3.63, 3.8) is 0 Å². The number of hydrogen-bond acceptors (Lipinski definition) is 5. The number of quaternary nitrogens is 1. The van der Waals surface area contributed by atoms with Gasteiger partial charge in [-0.05, 0) is 51.4 Å². The molecule has 0 fully saturated rings. The van der Waals surface area contributed by atoms with Gasteiger partial charge in [0.15, 0.2) is 0 Å². The van der Waals surface area contributed by atoms with Crippen molar-refractivity contribution in [3.05, 3.63) is 36.5 Å². The van der Waals surface area contributed by atoms with Crippen LogP contribution in [-0.2, 0) is 18.4 Å². The third kappa shape index (κ3) is 64.1. The van der Waals surface area contributed by atoms with E-state index >= 15 is 0 Å². The molecule has 79 heavy (non-hydrogen) atoms. The highest BCUT2D eigenvalue weighted by atomic mass is 31.2. The van der Waals surface area contributed by atoms with Gasteiger partial charge in [0.1, 0.15) is 13.2 Å². The molecule has 0 aromatic rings. The van der Waals surface area contributed by atoms with Crippen molar-refractivity contribution in [2.75, 3.05) is 40.9 Å². The predicted molar refractivity (Wildman–Crippen MR) is 346 cm³/mol. The highest BCUT2D eigenvalue weighted by Crippen LogP contribution is 2.43. The number of unbranched alkanes of at least 4 members (excludes halogenated alkanes) is 46. The van der Waals surface area contributed by atoms with Gasteiger partial charge in [0.2, 0.25) is 5.91 Å². The van der Waals surface area contributed by atoms with Gasteiger partial charge in [0, 0.05) is 6.42 Å². The number of aliphatic hydroxyl groups excluding tert-OH is 1. The lowest BCUT2D eigenvalue weighted by atomic mass is 10.0. The van der Waals surface area contributed by atoms with Crippen LogP contribution in [0.25, 0.3) is 0 Å². The molecule has 0 rings (SSSR count).